The van der Waals surface area contributed by atoms with E-state index in [2.05, 4.69) is 10.1 Å². The lowest BCUT2D eigenvalue weighted by molar-refractivity contribution is 0.211. The van der Waals surface area contributed by atoms with Crippen LogP contribution < -0.4 is 5.56 Å². The topological polar surface area (TPSA) is 84.4 Å². The molecule has 0 saturated carbocycles. The van der Waals surface area contributed by atoms with Crippen LogP contribution in [-0.4, -0.2) is 44.3 Å². The molecule has 0 aliphatic carbocycles. The SMILES string of the molecule is Cc1nc2n(c(=O)c1CCN1CCC(c3noc4cc(O)ccc34)CC1)CCCC2. The predicted molar refractivity (Wildman–Crippen MR) is 114 cm³/mol. The Morgan fingerprint density at radius 3 is 2.87 bits per heavy atom. The number of benzene rings is 1. The van der Waals surface area contributed by atoms with Crippen molar-refractivity contribution in [3.05, 3.63) is 51.3 Å². The molecule has 2 aliphatic rings. The molecule has 158 valence electrons. The van der Waals surface area contributed by atoms with E-state index >= 15 is 0 Å². The average Bonchev–Trinajstić information content (AvgIpc) is 3.17. The van der Waals surface area contributed by atoms with Gasteiger partial charge in [0.25, 0.3) is 5.56 Å². The quantitative estimate of drug-likeness (QED) is 0.714. The number of hydrogen-bond acceptors (Lipinski definition) is 6. The molecule has 1 fully saturated rings. The Balaban J connectivity index is 1.23. The largest absolute Gasteiger partial charge is 0.508 e. The van der Waals surface area contributed by atoms with Crippen molar-refractivity contribution in [2.24, 2.45) is 0 Å². The lowest BCUT2D eigenvalue weighted by atomic mass is 9.91. The maximum Gasteiger partial charge on any atom is 0.256 e. The number of nitrogens with zero attached hydrogens (tertiary/aromatic N) is 4. The monoisotopic (exact) mass is 408 g/mol. The number of rotatable bonds is 4. The molecule has 1 N–H and O–H groups in total. The molecule has 2 aliphatic heterocycles. The first-order valence-electron chi connectivity index (χ1n) is 11.0. The van der Waals surface area contributed by atoms with Gasteiger partial charge in [-0.05, 0) is 64.3 Å². The lowest BCUT2D eigenvalue weighted by Crippen LogP contribution is -2.37. The predicted octanol–water partition coefficient (Wildman–Crippen LogP) is 3.16. The Bertz CT molecular complexity index is 1130. The van der Waals surface area contributed by atoms with Crippen molar-refractivity contribution in [2.75, 3.05) is 19.6 Å². The van der Waals surface area contributed by atoms with Gasteiger partial charge in [-0.2, -0.15) is 0 Å². The molecule has 5 rings (SSSR count). The Morgan fingerprint density at radius 2 is 2.03 bits per heavy atom. The highest BCUT2D eigenvalue weighted by molar-refractivity contribution is 5.81. The third-order valence-corrected chi connectivity index (χ3v) is 6.72. The number of hydrogen-bond donors (Lipinski definition) is 1. The number of aryl methyl sites for hydroxylation is 2. The fourth-order valence-electron chi connectivity index (χ4n) is 4.96. The average molecular weight is 409 g/mol. The summed E-state index contributed by atoms with van der Waals surface area (Å²) in [6.45, 7) is 5.64. The van der Waals surface area contributed by atoms with Gasteiger partial charge in [-0.25, -0.2) is 4.98 Å². The molecule has 7 heteroatoms. The van der Waals surface area contributed by atoms with Gasteiger partial charge >= 0.3 is 0 Å². The van der Waals surface area contributed by atoms with E-state index in [1.807, 2.05) is 17.6 Å². The molecule has 0 radical (unpaired) electrons. The van der Waals surface area contributed by atoms with Gasteiger partial charge in [0.2, 0.25) is 0 Å². The highest BCUT2D eigenvalue weighted by Gasteiger charge is 2.25. The van der Waals surface area contributed by atoms with E-state index < -0.39 is 0 Å². The first-order chi connectivity index (χ1) is 14.6. The number of aromatic hydroxyl groups is 1. The summed E-state index contributed by atoms with van der Waals surface area (Å²) in [4.78, 5) is 20.1. The minimum atomic E-state index is 0.171. The number of phenols is 1. The second-order valence-corrected chi connectivity index (χ2v) is 8.62. The van der Waals surface area contributed by atoms with Crippen LogP contribution in [0.15, 0.2) is 27.5 Å². The van der Waals surface area contributed by atoms with Crippen LogP contribution in [0.4, 0.5) is 0 Å². The highest BCUT2D eigenvalue weighted by Crippen LogP contribution is 2.33. The van der Waals surface area contributed by atoms with E-state index in [9.17, 15) is 9.90 Å². The van der Waals surface area contributed by atoms with Crippen LogP contribution in [0, 0.1) is 6.92 Å². The van der Waals surface area contributed by atoms with Crippen molar-refractivity contribution in [3.63, 3.8) is 0 Å². The summed E-state index contributed by atoms with van der Waals surface area (Å²) in [5.74, 6) is 1.52. The Morgan fingerprint density at radius 1 is 1.20 bits per heavy atom. The fourth-order valence-corrected chi connectivity index (χ4v) is 4.96. The van der Waals surface area contributed by atoms with Gasteiger partial charge in [0.1, 0.15) is 11.6 Å². The number of aromatic nitrogens is 3. The van der Waals surface area contributed by atoms with Crippen LogP contribution in [0.1, 0.15) is 54.4 Å². The number of fused-ring (bicyclic) bond motifs is 2. The van der Waals surface area contributed by atoms with Gasteiger partial charge in [0.05, 0.1) is 5.69 Å². The zero-order valence-corrected chi connectivity index (χ0v) is 17.4. The maximum absolute atomic E-state index is 12.9. The van der Waals surface area contributed by atoms with Gasteiger partial charge in [0.15, 0.2) is 5.58 Å². The Kier molecular flexibility index (Phi) is 5.06. The van der Waals surface area contributed by atoms with E-state index in [-0.39, 0.29) is 11.3 Å². The van der Waals surface area contributed by atoms with Crippen LogP contribution in [0.5, 0.6) is 5.75 Å². The van der Waals surface area contributed by atoms with Crippen molar-refractivity contribution in [1.82, 2.24) is 19.6 Å². The van der Waals surface area contributed by atoms with E-state index in [4.69, 9.17) is 9.51 Å². The van der Waals surface area contributed by atoms with Crippen LogP contribution in [-0.2, 0) is 19.4 Å². The maximum atomic E-state index is 12.9. The lowest BCUT2D eigenvalue weighted by Gasteiger charge is -2.31. The van der Waals surface area contributed by atoms with Crippen molar-refractivity contribution >= 4 is 11.0 Å². The zero-order chi connectivity index (χ0) is 20.7. The van der Waals surface area contributed by atoms with E-state index in [0.717, 1.165) is 92.9 Å². The molecular weight excluding hydrogens is 380 g/mol. The molecule has 0 unspecified atom stereocenters. The third kappa shape index (κ3) is 3.51. The van der Waals surface area contributed by atoms with E-state index in [1.165, 1.54) is 0 Å². The second-order valence-electron chi connectivity index (χ2n) is 8.62. The summed E-state index contributed by atoms with van der Waals surface area (Å²) in [6, 6.07) is 5.20. The van der Waals surface area contributed by atoms with Gasteiger partial charge in [-0.1, -0.05) is 5.16 Å². The summed E-state index contributed by atoms with van der Waals surface area (Å²) in [5, 5.41) is 14.9. The molecule has 2 aromatic heterocycles. The molecule has 0 spiro atoms. The Hall–Kier alpha value is -2.67. The molecule has 0 amide bonds. The summed E-state index contributed by atoms with van der Waals surface area (Å²) >= 11 is 0. The summed E-state index contributed by atoms with van der Waals surface area (Å²) in [6.07, 6.45) is 5.91. The molecule has 1 saturated heterocycles. The highest BCUT2D eigenvalue weighted by atomic mass is 16.5. The molecule has 7 nitrogen and oxygen atoms in total. The minimum Gasteiger partial charge on any atom is -0.508 e. The van der Waals surface area contributed by atoms with Crippen molar-refractivity contribution in [3.8, 4) is 5.75 Å². The molecule has 0 bridgehead atoms. The summed E-state index contributed by atoms with van der Waals surface area (Å²) in [7, 11) is 0. The van der Waals surface area contributed by atoms with Crippen LogP contribution in [0.3, 0.4) is 0 Å². The van der Waals surface area contributed by atoms with Crippen LogP contribution in [0.2, 0.25) is 0 Å². The van der Waals surface area contributed by atoms with Gasteiger partial charge in [-0.3, -0.25) is 9.36 Å². The molecule has 3 aromatic rings. The van der Waals surface area contributed by atoms with Gasteiger partial charge in [0, 0.05) is 48.1 Å². The molecule has 30 heavy (non-hydrogen) atoms. The van der Waals surface area contributed by atoms with Crippen molar-refractivity contribution in [2.45, 2.75) is 57.9 Å². The summed E-state index contributed by atoms with van der Waals surface area (Å²) in [5.41, 5.74) is 3.59. The minimum absolute atomic E-state index is 0.171. The van der Waals surface area contributed by atoms with Crippen molar-refractivity contribution in [1.29, 1.82) is 0 Å². The molecular formula is C23H28N4O3. The first kappa shape index (κ1) is 19.3. The standard InChI is InChI=1S/C23H28N4O3/c1-15-18(23(29)27-10-3-2-4-21(27)24-15)9-13-26-11-7-16(8-12-26)22-19-6-5-17(28)14-20(19)30-25-22/h5-6,14,16,28H,2-4,7-13H2,1H3. The molecule has 4 heterocycles. The zero-order valence-electron chi connectivity index (χ0n) is 17.4. The van der Waals surface area contributed by atoms with E-state index in [0.29, 0.717) is 11.5 Å². The number of piperidine rings is 1. The molecule has 1 aromatic carbocycles. The van der Waals surface area contributed by atoms with Crippen LogP contribution in [0.25, 0.3) is 11.0 Å². The summed E-state index contributed by atoms with van der Waals surface area (Å²) < 4.78 is 7.31. The van der Waals surface area contributed by atoms with Gasteiger partial charge in [-0.15, -0.1) is 0 Å². The second kappa shape index (κ2) is 7.87. The number of likely N-dealkylation sites (tertiary alicyclic amines) is 1. The van der Waals surface area contributed by atoms with Crippen molar-refractivity contribution < 1.29 is 9.63 Å². The smallest absolute Gasteiger partial charge is 0.256 e. The normalized spacial score (nSPS) is 18.0. The Labute approximate surface area is 175 Å². The number of phenolic OH excluding ortho intramolecular Hbond substituents is 1. The molecule has 0 atom stereocenters. The van der Waals surface area contributed by atoms with E-state index in [1.54, 1.807) is 12.1 Å². The fraction of sp³-hybridized carbons (Fsp3) is 0.522. The first-order valence-corrected chi connectivity index (χ1v) is 11.0. The van der Waals surface area contributed by atoms with Crippen LogP contribution >= 0.6 is 0 Å². The van der Waals surface area contributed by atoms with Gasteiger partial charge < -0.3 is 14.5 Å². The third-order valence-electron chi connectivity index (χ3n) is 6.72.